The molecule has 0 atom stereocenters. The second kappa shape index (κ2) is 4.49. The lowest BCUT2D eigenvalue weighted by Crippen LogP contribution is -2.48. The summed E-state index contributed by atoms with van der Waals surface area (Å²) in [6.45, 7) is 11.5. The molecule has 0 unspecified atom stereocenters. The van der Waals surface area contributed by atoms with Crippen LogP contribution in [0, 0.1) is 0 Å². The standard InChI is InChI=1S/C16H22BNO4/c1-14(2)13(19)18-11-9-7-8-10(12(11)20-14)17-21-15(3,4)16(5,6)22-17/h7-9H,1-6H3,(H,18,19). The molecule has 0 aliphatic carbocycles. The van der Waals surface area contributed by atoms with Gasteiger partial charge in [-0.2, -0.15) is 0 Å². The zero-order chi connectivity index (χ0) is 16.3. The summed E-state index contributed by atoms with van der Waals surface area (Å²) in [5.74, 6) is 0.455. The molecule has 2 heterocycles. The van der Waals surface area contributed by atoms with Crippen molar-refractivity contribution in [2.45, 2.75) is 58.3 Å². The molecule has 6 heteroatoms. The number of rotatable bonds is 1. The van der Waals surface area contributed by atoms with Gasteiger partial charge >= 0.3 is 7.12 Å². The average Bonchev–Trinajstić information content (AvgIpc) is 2.59. The van der Waals surface area contributed by atoms with Gasteiger partial charge in [0, 0.05) is 5.46 Å². The molecule has 0 radical (unpaired) electrons. The van der Waals surface area contributed by atoms with Crippen LogP contribution in [0.5, 0.6) is 5.75 Å². The maximum Gasteiger partial charge on any atom is 0.498 e. The number of hydrogen-bond acceptors (Lipinski definition) is 4. The van der Waals surface area contributed by atoms with Crippen molar-refractivity contribution in [2.24, 2.45) is 0 Å². The lowest BCUT2D eigenvalue weighted by Gasteiger charge is -2.33. The first-order valence-electron chi connectivity index (χ1n) is 7.52. The minimum Gasteiger partial charge on any atom is -0.476 e. The second-order valence-corrected chi connectivity index (χ2v) is 7.38. The van der Waals surface area contributed by atoms with Crippen LogP contribution in [-0.2, 0) is 14.1 Å². The number of ether oxygens (including phenoxy) is 1. The van der Waals surface area contributed by atoms with Crippen LogP contribution in [-0.4, -0.2) is 29.8 Å². The Labute approximate surface area is 131 Å². The van der Waals surface area contributed by atoms with E-state index in [9.17, 15) is 4.79 Å². The van der Waals surface area contributed by atoms with Crippen LogP contribution in [0.15, 0.2) is 18.2 Å². The number of para-hydroxylation sites is 1. The highest BCUT2D eigenvalue weighted by Gasteiger charge is 2.53. The molecule has 1 amide bonds. The van der Waals surface area contributed by atoms with Crippen molar-refractivity contribution in [3.05, 3.63) is 18.2 Å². The number of amides is 1. The molecule has 2 aliphatic rings. The summed E-state index contributed by atoms with van der Waals surface area (Å²) in [7, 11) is -0.522. The Morgan fingerprint density at radius 2 is 1.59 bits per heavy atom. The van der Waals surface area contributed by atoms with Gasteiger partial charge in [0.25, 0.3) is 5.91 Å². The normalized spacial score (nSPS) is 24.5. The minimum absolute atomic E-state index is 0.161. The topological polar surface area (TPSA) is 56.8 Å². The molecule has 1 aromatic carbocycles. The Kier molecular flexibility index (Phi) is 3.14. The number of anilines is 1. The first-order chi connectivity index (χ1) is 10.0. The molecule has 1 fully saturated rings. The van der Waals surface area contributed by atoms with Gasteiger partial charge < -0.3 is 19.4 Å². The summed E-state index contributed by atoms with van der Waals surface area (Å²) in [5.41, 5.74) is -0.324. The number of nitrogens with one attached hydrogen (secondary N) is 1. The summed E-state index contributed by atoms with van der Waals surface area (Å²) in [4.78, 5) is 12.0. The largest absolute Gasteiger partial charge is 0.498 e. The number of hydrogen-bond donors (Lipinski definition) is 1. The van der Waals surface area contributed by atoms with Gasteiger partial charge in [-0.05, 0) is 47.6 Å². The molecule has 22 heavy (non-hydrogen) atoms. The van der Waals surface area contributed by atoms with Crippen LogP contribution in [0.25, 0.3) is 0 Å². The minimum atomic E-state index is -0.924. The van der Waals surface area contributed by atoms with E-state index in [1.165, 1.54) is 0 Å². The predicted octanol–water partition coefficient (Wildman–Crippen LogP) is 2.10. The first-order valence-corrected chi connectivity index (χ1v) is 7.52. The van der Waals surface area contributed by atoms with Gasteiger partial charge in [0.2, 0.25) is 0 Å². The van der Waals surface area contributed by atoms with Gasteiger partial charge in [-0.3, -0.25) is 4.79 Å². The molecule has 118 valence electrons. The van der Waals surface area contributed by atoms with E-state index in [1.807, 2.05) is 45.9 Å². The third-order valence-corrected chi connectivity index (χ3v) is 4.70. The van der Waals surface area contributed by atoms with Crippen LogP contribution in [0.3, 0.4) is 0 Å². The van der Waals surface area contributed by atoms with Crippen molar-refractivity contribution in [1.82, 2.24) is 0 Å². The number of fused-ring (bicyclic) bond motifs is 1. The number of carbonyl (C=O) groups is 1. The summed E-state index contributed by atoms with van der Waals surface area (Å²) in [5, 5.41) is 2.88. The van der Waals surface area contributed by atoms with Gasteiger partial charge in [-0.15, -0.1) is 0 Å². The van der Waals surface area contributed by atoms with Gasteiger partial charge in [0.05, 0.1) is 16.9 Å². The van der Waals surface area contributed by atoms with Crippen molar-refractivity contribution >= 4 is 24.2 Å². The van der Waals surface area contributed by atoms with Gasteiger partial charge in [-0.25, -0.2) is 0 Å². The molecule has 1 saturated heterocycles. The molecule has 1 N–H and O–H groups in total. The summed E-state index contributed by atoms with van der Waals surface area (Å²) >= 11 is 0. The van der Waals surface area contributed by atoms with E-state index in [4.69, 9.17) is 14.0 Å². The van der Waals surface area contributed by atoms with Crippen molar-refractivity contribution in [1.29, 1.82) is 0 Å². The molecular formula is C16H22BNO4. The maximum absolute atomic E-state index is 12.0. The average molecular weight is 303 g/mol. The van der Waals surface area contributed by atoms with E-state index >= 15 is 0 Å². The fourth-order valence-electron chi connectivity index (χ4n) is 2.50. The van der Waals surface area contributed by atoms with Crippen LogP contribution in [0.1, 0.15) is 41.5 Å². The quantitative estimate of drug-likeness (QED) is 0.807. The molecule has 2 aliphatic heterocycles. The zero-order valence-corrected chi connectivity index (χ0v) is 13.9. The number of benzene rings is 1. The molecule has 0 bridgehead atoms. The van der Waals surface area contributed by atoms with E-state index in [0.717, 1.165) is 5.46 Å². The third-order valence-electron chi connectivity index (χ3n) is 4.70. The summed E-state index contributed by atoms with van der Waals surface area (Å²) < 4.78 is 18.1. The Bertz CT molecular complexity index is 623. The SMILES string of the molecule is CC1(C)Oc2c(cccc2B2OC(C)(C)C(C)(C)O2)NC1=O. The van der Waals surface area contributed by atoms with E-state index in [0.29, 0.717) is 11.4 Å². The van der Waals surface area contributed by atoms with E-state index in [1.54, 1.807) is 13.8 Å². The molecule has 3 rings (SSSR count). The van der Waals surface area contributed by atoms with Crippen molar-refractivity contribution < 1.29 is 18.8 Å². The van der Waals surface area contributed by atoms with Gasteiger partial charge in [0.1, 0.15) is 5.75 Å². The Balaban J connectivity index is 2.01. The molecule has 0 saturated carbocycles. The van der Waals surface area contributed by atoms with Crippen molar-refractivity contribution in [3.63, 3.8) is 0 Å². The smallest absolute Gasteiger partial charge is 0.476 e. The van der Waals surface area contributed by atoms with Gasteiger partial charge in [0.15, 0.2) is 5.60 Å². The lowest BCUT2D eigenvalue weighted by atomic mass is 9.77. The third kappa shape index (κ3) is 2.21. The Morgan fingerprint density at radius 1 is 1.00 bits per heavy atom. The summed E-state index contributed by atoms with van der Waals surface area (Å²) in [6.07, 6.45) is 0. The maximum atomic E-state index is 12.0. The van der Waals surface area contributed by atoms with Crippen LogP contribution < -0.4 is 15.5 Å². The molecule has 0 spiro atoms. The zero-order valence-electron chi connectivity index (χ0n) is 13.9. The van der Waals surface area contributed by atoms with Crippen LogP contribution >= 0.6 is 0 Å². The van der Waals surface area contributed by atoms with Crippen molar-refractivity contribution in [2.75, 3.05) is 5.32 Å². The highest BCUT2D eigenvalue weighted by atomic mass is 16.7. The molecule has 5 nitrogen and oxygen atoms in total. The highest BCUT2D eigenvalue weighted by molar-refractivity contribution is 6.63. The predicted molar refractivity (Wildman–Crippen MR) is 85.5 cm³/mol. The molecule has 1 aromatic rings. The Hall–Kier alpha value is -1.53. The van der Waals surface area contributed by atoms with Crippen LogP contribution in [0.2, 0.25) is 0 Å². The highest BCUT2D eigenvalue weighted by Crippen LogP contribution is 2.39. The lowest BCUT2D eigenvalue weighted by molar-refractivity contribution is -0.129. The first kappa shape index (κ1) is 15.4. The summed E-state index contributed by atoms with van der Waals surface area (Å²) in [6, 6.07) is 5.59. The van der Waals surface area contributed by atoms with Crippen LogP contribution in [0.4, 0.5) is 5.69 Å². The Morgan fingerprint density at radius 3 is 2.18 bits per heavy atom. The van der Waals surface area contributed by atoms with Gasteiger partial charge in [-0.1, -0.05) is 12.1 Å². The fraction of sp³-hybridized carbons (Fsp3) is 0.562. The number of carbonyl (C=O) groups excluding carboxylic acids is 1. The van der Waals surface area contributed by atoms with Crippen molar-refractivity contribution in [3.8, 4) is 5.75 Å². The monoisotopic (exact) mass is 303 g/mol. The molecule has 0 aromatic heterocycles. The van der Waals surface area contributed by atoms with E-state index in [2.05, 4.69) is 5.32 Å². The van der Waals surface area contributed by atoms with E-state index < -0.39 is 23.9 Å². The van der Waals surface area contributed by atoms with E-state index in [-0.39, 0.29) is 5.91 Å². The molecular weight excluding hydrogens is 281 g/mol. The second-order valence-electron chi connectivity index (χ2n) is 7.38. The fourth-order valence-corrected chi connectivity index (χ4v) is 2.50.